The smallest absolute Gasteiger partial charge is 0.0253 e. The highest BCUT2D eigenvalue weighted by Crippen LogP contribution is 2.21. The molecule has 2 N–H and O–H groups in total. The zero-order valence-corrected chi connectivity index (χ0v) is 3.78. The first-order valence-electron chi connectivity index (χ1n) is 2.24. The van der Waals surface area contributed by atoms with Gasteiger partial charge in [0, 0.05) is 6.04 Å². The van der Waals surface area contributed by atoms with E-state index < -0.39 is 0 Å². The molecule has 0 radical (unpaired) electrons. The molecule has 34 valence electrons. The Hall–Kier alpha value is -0.300. The van der Waals surface area contributed by atoms with Gasteiger partial charge in [0.15, 0.2) is 0 Å². The van der Waals surface area contributed by atoms with Crippen molar-refractivity contribution in [3.8, 4) is 0 Å². The molecule has 1 saturated carbocycles. The molecule has 1 aliphatic carbocycles. The van der Waals surface area contributed by atoms with E-state index in [0.29, 0.717) is 6.04 Å². The van der Waals surface area contributed by atoms with Crippen molar-refractivity contribution in [2.75, 3.05) is 0 Å². The Labute approximate surface area is 37.8 Å². The molecule has 1 heteroatoms. The fourth-order valence-electron chi connectivity index (χ4n) is 0.515. The Balaban J connectivity index is 2.39. The van der Waals surface area contributed by atoms with Crippen LogP contribution in [0.1, 0.15) is 12.8 Å². The maximum atomic E-state index is 5.42. The minimum atomic E-state index is 0.338. The molecule has 0 aromatic rings. The summed E-state index contributed by atoms with van der Waals surface area (Å²) in [7, 11) is 0. The van der Waals surface area contributed by atoms with Gasteiger partial charge in [-0.05, 0) is 12.8 Å². The average molecular weight is 83.1 g/mol. The molecule has 0 aromatic heterocycles. The zero-order chi connectivity index (χ0) is 4.57. The summed E-state index contributed by atoms with van der Waals surface area (Å²) in [6.07, 6.45) is 2.31. The summed E-state index contributed by atoms with van der Waals surface area (Å²) in [5, 5.41) is 0. The van der Waals surface area contributed by atoms with Gasteiger partial charge in [0.05, 0.1) is 0 Å². The highest BCUT2D eigenvalue weighted by Gasteiger charge is 2.15. The van der Waals surface area contributed by atoms with Crippen LogP contribution in [0.15, 0.2) is 12.2 Å². The lowest BCUT2D eigenvalue weighted by Crippen LogP contribution is -2.30. The third-order valence-electron chi connectivity index (χ3n) is 1.30. The van der Waals surface area contributed by atoms with Crippen LogP contribution in [-0.4, -0.2) is 6.04 Å². The van der Waals surface area contributed by atoms with E-state index >= 15 is 0 Å². The second kappa shape index (κ2) is 1.09. The molecule has 1 fully saturated rings. The average Bonchev–Trinajstić information content (AvgIpc) is 1.61. The molecular weight excluding hydrogens is 74.1 g/mol. The van der Waals surface area contributed by atoms with E-state index in [0.717, 1.165) is 12.8 Å². The zero-order valence-electron chi connectivity index (χ0n) is 3.78. The second-order valence-corrected chi connectivity index (χ2v) is 1.80. The van der Waals surface area contributed by atoms with E-state index in [-0.39, 0.29) is 0 Å². The van der Waals surface area contributed by atoms with Gasteiger partial charge in [0.1, 0.15) is 0 Å². The van der Waals surface area contributed by atoms with E-state index in [1.807, 2.05) is 0 Å². The van der Waals surface area contributed by atoms with Crippen molar-refractivity contribution in [3.63, 3.8) is 0 Å². The molecule has 0 heterocycles. The number of nitrogens with two attached hydrogens (primary N) is 1. The Morgan fingerprint density at radius 3 is 2.33 bits per heavy atom. The predicted molar refractivity (Wildman–Crippen MR) is 26.3 cm³/mol. The van der Waals surface area contributed by atoms with Gasteiger partial charge in [0.2, 0.25) is 0 Å². The molecule has 1 rings (SSSR count). The first-order valence-corrected chi connectivity index (χ1v) is 2.24. The standard InChI is InChI=1S/C5H9N/c1-4-2-3-5(4)6/h5H,1-3,6H2. The lowest BCUT2D eigenvalue weighted by Gasteiger charge is -2.23. The van der Waals surface area contributed by atoms with Crippen molar-refractivity contribution in [2.45, 2.75) is 18.9 Å². The van der Waals surface area contributed by atoms with Crippen LogP contribution in [0.5, 0.6) is 0 Å². The van der Waals surface area contributed by atoms with E-state index in [4.69, 9.17) is 5.73 Å². The molecular formula is C5H9N. The minimum absolute atomic E-state index is 0.338. The number of hydrogen-bond acceptors (Lipinski definition) is 1. The molecule has 0 bridgehead atoms. The summed E-state index contributed by atoms with van der Waals surface area (Å²) in [5.41, 5.74) is 6.64. The van der Waals surface area contributed by atoms with Crippen LogP contribution in [0, 0.1) is 0 Å². The molecule has 1 aliphatic rings. The van der Waals surface area contributed by atoms with Gasteiger partial charge in [-0.3, -0.25) is 0 Å². The fraction of sp³-hybridized carbons (Fsp3) is 0.600. The van der Waals surface area contributed by atoms with Crippen LogP contribution in [0.25, 0.3) is 0 Å². The van der Waals surface area contributed by atoms with Crippen molar-refractivity contribution in [1.82, 2.24) is 0 Å². The summed E-state index contributed by atoms with van der Waals surface area (Å²) in [5.74, 6) is 0. The molecule has 1 nitrogen and oxygen atoms in total. The van der Waals surface area contributed by atoms with Crippen molar-refractivity contribution in [2.24, 2.45) is 5.73 Å². The van der Waals surface area contributed by atoms with Gasteiger partial charge < -0.3 is 5.73 Å². The van der Waals surface area contributed by atoms with Crippen molar-refractivity contribution in [3.05, 3.63) is 12.2 Å². The normalized spacial score (nSPS) is 32.8. The quantitative estimate of drug-likeness (QED) is 0.428. The molecule has 0 saturated heterocycles. The Morgan fingerprint density at radius 2 is 2.33 bits per heavy atom. The van der Waals surface area contributed by atoms with Crippen LogP contribution >= 0.6 is 0 Å². The van der Waals surface area contributed by atoms with Gasteiger partial charge in [-0.1, -0.05) is 12.2 Å². The Bertz CT molecular complexity index is 76.0. The Morgan fingerprint density at radius 1 is 1.83 bits per heavy atom. The molecule has 0 spiro atoms. The third kappa shape index (κ3) is 0.356. The summed E-state index contributed by atoms with van der Waals surface area (Å²) in [4.78, 5) is 0. The molecule has 1 unspecified atom stereocenters. The molecule has 1 atom stereocenters. The summed E-state index contributed by atoms with van der Waals surface area (Å²) in [6.45, 7) is 3.72. The summed E-state index contributed by atoms with van der Waals surface area (Å²) < 4.78 is 0. The predicted octanol–water partition coefficient (Wildman–Crippen LogP) is 0.664. The van der Waals surface area contributed by atoms with Crippen LogP contribution in [-0.2, 0) is 0 Å². The maximum absolute atomic E-state index is 5.42. The lowest BCUT2D eigenvalue weighted by atomic mass is 9.89. The fourth-order valence-corrected chi connectivity index (χ4v) is 0.515. The largest absolute Gasteiger partial charge is 0.324 e. The third-order valence-corrected chi connectivity index (χ3v) is 1.30. The van der Waals surface area contributed by atoms with Gasteiger partial charge in [-0.25, -0.2) is 0 Å². The summed E-state index contributed by atoms with van der Waals surface area (Å²) in [6, 6.07) is 0.338. The minimum Gasteiger partial charge on any atom is -0.324 e. The van der Waals surface area contributed by atoms with Crippen LogP contribution in [0.2, 0.25) is 0 Å². The van der Waals surface area contributed by atoms with Gasteiger partial charge in [-0.15, -0.1) is 0 Å². The summed E-state index contributed by atoms with van der Waals surface area (Å²) >= 11 is 0. The topological polar surface area (TPSA) is 26.0 Å². The van der Waals surface area contributed by atoms with E-state index in [2.05, 4.69) is 6.58 Å². The van der Waals surface area contributed by atoms with Crippen molar-refractivity contribution in [1.29, 1.82) is 0 Å². The maximum Gasteiger partial charge on any atom is 0.0253 e. The SMILES string of the molecule is C=C1CCC1N. The molecule has 0 aromatic carbocycles. The monoisotopic (exact) mass is 83.1 g/mol. The van der Waals surface area contributed by atoms with Crippen molar-refractivity contribution < 1.29 is 0 Å². The molecule has 6 heavy (non-hydrogen) atoms. The molecule has 0 aliphatic heterocycles. The van der Waals surface area contributed by atoms with E-state index in [1.54, 1.807) is 0 Å². The first-order chi connectivity index (χ1) is 2.80. The highest BCUT2D eigenvalue weighted by molar-refractivity contribution is 5.13. The second-order valence-electron chi connectivity index (χ2n) is 1.80. The van der Waals surface area contributed by atoms with Crippen LogP contribution in [0.3, 0.4) is 0 Å². The van der Waals surface area contributed by atoms with Gasteiger partial charge >= 0.3 is 0 Å². The van der Waals surface area contributed by atoms with Gasteiger partial charge in [-0.2, -0.15) is 0 Å². The van der Waals surface area contributed by atoms with Gasteiger partial charge in [0.25, 0.3) is 0 Å². The Kier molecular flexibility index (Phi) is 0.701. The molecule has 0 amide bonds. The lowest BCUT2D eigenvalue weighted by molar-refractivity contribution is 0.560. The van der Waals surface area contributed by atoms with E-state index in [1.165, 1.54) is 5.57 Å². The first kappa shape index (κ1) is 3.88. The van der Waals surface area contributed by atoms with Crippen LogP contribution in [0.4, 0.5) is 0 Å². The number of hydrogen-bond donors (Lipinski definition) is 1. The van der Waals surface area contributed by atoms with E-state index in [9.17, 15) is 0 Å². The van der Waals surface area contributed by atoms with Crippen molar-refractivity contribution >= 4 is 0 Å². The number of rotatable bonds is 0. The highest BCUT2D eigenvalue weighted by atomic mass is 14.7. The van der Waals surface area contributed by atoms with Crippen LogP contribution < -0.4 is 5.73 Å².